The minimum atomic E-state index is -0.927. The molecule has 0 saturated heterocycles. The predicted octanol–water partition coefficient (Wildman–Crippen LogP) is 3.00. The summed E-state index contributed by atoms with van der Waals surface area (Å²) >= 11 is 0. The van der Waals surface area contributed by atoms with Gasteiger partial charge in [0.1, 0.15) is 7.11 Å². The zero-order chi connectivity index (χ0) is 19.6. The van der Waals surface area contributed by atoms with Crippen LogP contribution < -0.4 is 0 Å². The summed E-state index contributed by atoms with van der Waals surface area (Å²) < 4.78 is 4.70. The average Bonchev–Trinajstić information content (AvgIpc) is 2.70. The molecular weight excluding hydrogens is 344 g/mol. The normalized spacial score (nSPS) is 12.1. The fourth-order valence-electron chi connectivity index (χ4n) is 2.59. The molecule has 0 radical (unpaired) electrons. The fraction of sp³-hybridized carbons (Fsp3) is 0.190. The summed E-state index contributed by atoms with van der Waals surface area (Å²) in [4.78, 5) is 16.3. The molecule has 2 aromatic rings. The maximum atomic E-state index is 11.6. The molecule has 0 aliphatic carbocycles. The van der Waals surface area contributed by atoms with Crippen LogP contribution in [0.15, 0.2) is 53.7 Å². The van der Waals surface area contributed by atoms with Crippen molar-refractivity contribution >= 4 is 18.3 Å². The number of aliphatic hydroxyl groups is 1. The summed E-state index contributed by atoms with van der Waals surface area (Å²) in [6, 6.07) is 14.5. The molecule has 138 valence electrons. The number of carbonyl (C=O) groups excluding carboxylic acids is 1. The fourth-order valence-corrected chi connectivity index (χ4v) is 2.59. The zero-order valence-electron chi connectivity index (χ0n) is 15.1. The van der Waals surface area contributed by atoms with E-state index in [2.05, 4.69) is 11.2 Å². The second kappa shape index (κ2) is 9.90. The van der Waals surface area contributed by atoms with Gasteiger partial charge in [0.2, 0.25) is 0 Å². The second-order valence-electron chi connectivity index (χ2n) is 5.59. The number of benzene rings is 2. The highest BCUT2D eigenvalue weighted by molar-refractivity contribution is 5.88. The highest BCUT2D eigenvalue weighted by Crippen LogP contribution is 2.22. The standard InChI is InChI=1S/C21H20N2O4/c1-26-21(25)12-16-6-3-4-9-18(16)20(24)11-10-15-7-5-8-17(13-22)19(15)14-23-27-2/h3-11,14,20,24H,12H2,1-2H3/b11-10+,23-14+. The first-order chi connectivity index (χ1) is 13.1. The first-order valence-corrected chi connectivity index (χ1v) is 8.21. The monoisotopic (exact) mass is 364 g/mol. The molecule has 1 unspecified atom stereocenters. The van der Waals surface area contributed by atoms with Crippen molar-refractivity contribution in [3.63, 3.8) is 0 Å². The first kappa shape index (κ1) is 19.9. The van der Waals surface area contributed by atoms with Gasteiger partial charge in [0, 0.05) is 5.56 Å². The number of nitriles is 1. The van der Waals surface area contributed by atoms with Gasteiger partial charge in [0.15, 0.2) is 0 Å². The van der Waals surface area contributed by atoms with Crippen molar-refractivity contribution in [2.24, 2.45) is 5.16 Å². The lowest BCUT2D eigenvalue weighted by molar-refractivity contribution is -0.139. The lowest BCUT2D eigenvalue weighted by atomic mass is 9.97. The third kappa shape index (κ3) is 5.27. The molecule has 2 rings (SSSR count). The van der Waals surface area contributed by atoms with Gasteiger partial charge >= 0.3 is 5.97 Å². The van der Waals surface area contributed by atoms with Gasteiger partial charge < -0.3 is 14.7 Å². The van der Waals surface area contributed by atoms with Crippen molar-refractivity contribution in [1.29, 1.82) is 5.26 Å². The molecule has 0 spiro atoms. The minimum absolute atomic E-state index is 0.0766. The number of hydrogen-bond donors (Lipinski definition) is 1. The molecule has 0 aromatic heterocycles. The Morgan fingerprint density at radius 3 is 2.74 bits per heavy atom. The van der Waals surface area contributed by atoms with E-state index in [-0.39, 0.29) is 12.4 Å². The summed E-state index contributed by atoms with van der Waals surface area (Å²) in [7, 11) is 2.75. The highest BCUT2D eigenvalue weighted by atomic mass is 16.6. The van der Waals surface area contributed by atoms with Gasteiger partial charge in [-0.3, -0.25) is 4.79 Å². The molecule has 0 fully saturated rings. The number of hydrogen-bond acceptors (Lipinski definition) is 6. The Kier molecular flexibility index (Phi) is 7.29. The number of esters is 1. The topological polar surface area (TPSA) is 91.9 Å². The minimum Gasteiger partial charge on any atom is -0.469 e. The van der Waals surface area contributed by atoms with Gasteiger partial charge in [-0.05, 0) is 22.8 Å². The van der Waals surface area contributed by atoms with Crippen molar-refractivity contribution in [2.75, 3.05) is 14.2 Å². The second-order valence-corrected chi connectivity index (χ2v) is 5.59. The van der Waals surface area contributed by atoms with Crippen LogP contribution in [0.25, 0.3) is 6.08 Å². The zero-order valence-corrected chi connectivity index (χ0v) is 15.1. The van der Waals surface area contributed by atoms with Gasteiger partial charge in [-0.2, -0.15) is 5.26 Å². The average molecular weight is 364 g/mol. The van der Waals surface area contributed by atoms with Crippen LogP contribution in [0.3, 0.4) is 0 Å². The molecule has 1 N–H and O–H groups in total. The van der Waals surface area contributed by atoms with Gasteiger partial charge in [-0.25, -0.2) is 0 Å². The Balaban J connectivity index is 2.33. The largest absolute Gasteiger partial charge is 0.469 e. The van der Waals surface area contributed by atoms with E-state index in [9.17, 15) is 15.2 Å². The highest BCUT2D eigenvalue weighted by Gasteiger charge is 2.13. The smallest absolute Gasteiger partial charge is 0.309 e. The van der Waals surface area contributed by atoms with E-state index in [1.165, 1.54) is 20.4 Å². The van der Waals surface area contributed by atoms with Crippen molar-refractivity contribution in [2.45, 2.75) is 12.5 Å². The molecule has 0 aliphatic heterocycles. The quantitative estimate of drug-likeness (QED) is 0.463. The molecule has 0 aliphatic rings. The Bertz CT molecular complexity index is 897. The van der Waals surface area contributed by atoms with Crippen molar-refractivity contribution in [1.82, 2.24) is 0 Å². The van der Waals surface area contributed by atoms with Crippen LogP contribution in [0.1, 0.15) is 33.9 Å². The first-order valence-electron chi connectivity index (χ1n) is 8.21. The van der Waals surface area contributed by atoms with Crippen LogP contribution in [-0.2, 0) is 20.8 Å². The Morgan fingerprint density at radius 1 is 1.26 bits per heavy atom. The van der Waals surface area contributed by atoms with Crippen LogP contribution in [0.4, 0.5) is 0 Å². The summed E-state index contributed by atoms with van der Waals surface area (Å²) in [5, 5.41) is 23.6. The van der Waals surface area contributed by atoms with E-state index in [1.807, 2.05) is 0 Å². The molecule has 0 saturated carbocycles. The lowest BCUT2D eigenvalue weighted by Gasteiger charge is -2.12. The summed E-state index contributed by atoms with van der Waals surface area (Å²) in [6.45, 7) is 0. The molecule has 27 heavy (non-hydrogen) atoms. The van der Waals surface area contributed by atoms with E-state index < -0.39 is 6.10 Å². The lowest BCUT2D eigenvalue weighted by Crippen LogP contribution is -2.08. The molecule has 0 bridgehead atoms. The maximum absolute atomic E-state index is 11.6. The van der Waals surface area contributed by atoms with Crippen LogP contribution in [0, 0.1) is 11.3 Å². The van der Waals surface area contributed by atoms with E-state index in [1.54, 1.807) is 54.6 Å². The van der Waals surface area contributed by atoms with Gasteiger partial charge in [0.05, 0.1) is 37.5 Å². The van der Waals surface area contributed by atoms with Crippen LogP contribution in [0.5, 0.6) is 0 Å². The van der Waals surface area contributed by atoms with E-state index >= 15 is 0 Å². The van der Waals surface area contributed by atoms with Crippen molar-refractivity contribution in [3.05, 3.63) is 76.4 Å². The molecule has 2 aromatic carbocycles. The number of carbonyl (C=O) groups is 1. The van der Waals surface area contributed by atoms with Gasteiger partial charge in [0.25, 0.3) is 0 Å². The summed E-state index contributed by atoms with van der Waals surface area (Å²) in [5.41, 5.74) is 3.04. The van der Waals surface area contributed by atoms with Crippen LogP contribution >= 0.6 is 0 Å². The molecule has 6 nitrogen and oxygen atoms in total. The summed E-state index contributed by atoms with van der Waals surface area (Å²) in [5.74, 6) is -0.376. The van der Waals surface area contributed by atoms with Crippen LogP contribution in [0.2, 0.25) is 0 Å². The molecule has 6 heteroatoms. The van der Waals surface area contributed by atoms with Gasteiger partial charge in [-0.15, -0.1) is 0 Å². The molecule has 1 atom stereocenters. The number of methoxy groups -OCH3 is 1. The van der Waals surface area contributed by atoms with E-state index in [4.69, 9.17) is 9.57 Å². The third-order valence-corrected chi connectivity index (χ3v) is 3.94. The SMILES string of the molecule is CO/N=C/c1c(C#N)cccc1/C=C/C(O)c1ccccc1CC(=O)OC. The molecule has 0 amide bonds. The van der Waals surface area contributed by atoms with E-state index in [0.29, 0.717) is 27.8 Å². The van der Waals surface area contributed by atoms with Crippen molar-refractivity contribution in [3.8, 4) is 6.07 Å². The Labute approximate surface area is 158 Å². The number of rotatable bonds is 7. The Hall–Kier alpha value is -3.43. The number of oxime groups is 1. The number of nitrogens with zero attached hydrogens (tertiary/aromatic N) is 2. The molecular formula is C21H20N2O4. The maximum Gasteiger partial charge on any atom is 0.309 e. The third-order valence-electron chi connectivity index (χ3n) is 3.94. The predicted molar refractivity (Wildman–Crippen MR) is 102 cm³/mol. The Morgan fingerprint density at radius 2 is 2.04 bits per heavy atom. The number of ether oxygens (including phenoxy) is 1. The van der Waals surface area contributed by atoms with Gasteiger partial charge in [-0.1, -0.05) is 53.7 Å². The summed E-state index contributed by atoms with van der Waals surface area (Å²) in [6.07, 6.45) is 3.90. The molecule has 0 heterocycles. The van der Waals surface area contributed by atoms with E-state index in [0.717, 1.165) is 0 Å². The van der Waals surface area contributed by atoms with Crippen molar-refractivity contribution < 1.29 is 19.5 Å². The van der Waals surface area contributed by atoms with Crippen LogP contribution in [-0.4, -0.2) is 31.5 Å². The number of aliphatic hydroxyl groups excluding tert-OH is 1.